The highest BCUT2D eigenvalue weighted by Gasteiger charge is 2.21. The van der Waals surface area contributed by atoms with E-state index in [1.807, 2.05) is 6.92 Å². The molecule has 3 rings (SSSR count). The van der Waals surface area contributed by atoms with E-state index >= 15 is 0 Å². The van der Waals surface area contributed by atoms with Crippen LogP contribution in [0.15, 0.2) is 4.79 Å². The molecule has 7 heteroatoms. The third-order valence-corrected chi connectivity index (χ3v) is 5.42. The van der Waals surface area contributed by atoms with Gasteiger partial charge < -0.3 is 10.4 Å². The minimum absolute atomic E-state index is 0.0185. The zero-order valence-corrected chi connectivity index (χ0v) is 14.0. The molecule has 0 spiro atoms. The maximum Gasteiger partial charge on any atom is 0.262 e. The minimum atomic E-state index is -0.196. The monoisotopic (exact) mass is 335 g/mol. The van der Waals surface area contributed by atoms with E-state index < -0.39 is 0 Å². The van der Waals surface area contributed by atoms with Crippen molar-refractivity contribution >= 4 is 27.5 Å². The van der Waals surface area contributed by atoms with Crippen LogP contribution in [0.1, 0.15) is 46.7 Å². The highest BCUT2D eigenvalue weighted by molar-refractivity contribution is 7.20. The fourth-order valence-corrected chi connectivity index (χ4v) is 4.09. The summed E-state index contributed by atoms with van der Waals surface area (Å²) in [4.78, 5) is 30.9. The number of hydrogen-bond donors (Lipinski definition) is 2. The molecule has 0 saturated heterocycles. The Hall–Kier alpha value is -1.73. The van der Waals surface area contributed by atoms with Crippen LogP contribution in [0.3, 0.4) is 0 Å². The summed E-state index contributed by atoms with van der Waals surface area (Å²) < 4.78 is 1.78. The third-order valence-electron chi connectivity index (χ3n) is 4.24. The summed E-state index contributed by atoms with van der Waals surface area (Å²) in [6.45, 7) is 2.99. The molecular formula is C16H21N3O3S. The third kappa shape index (κ3) is 3.03. The number of hydrogen-bond acceptors (Lipinski definition) is 5. The molecule has 0 fully saturated rings. The maximum atomic E-state index is 12.8. The molecule has 23 heavy (non-hydrogen) atoms. The van der Waals surface area contributed by atoms with Gasteiger partial charge in [0, 0.05) is 26.1 Å². The summed E-state index contributed by atoms with van der Waals surface area (Å²) >= 11 is 1.28. The van der Waals surface area contributed by atoms with Crippen molar-refractivity contribution in [3.63, 3.8) is 0 Å². The van der Waals surface area contributed by atoms with Crippen molar-refractivity contribution in [2.24, 2.45) is 0 Å². The van der Waals surface area contributed by atoms with Gasteiger partial charge in [0.25, 0.3) is 11.5 Å². The van der Waals surface area contributed by atoms with Crippen LogP contribution >= 0.6 is 11.3 Å². The Morgan fingerprint density at radius 3 is 3.00 bits per heavy atom. The lowest BCUT2D eigenvalue weighted by Crippen LogP contribution is -2.25. The Morgan fingerprint density at radius 1 is 1.39 bits per heavy atom. The molecular weight excluding hydrogens is 314 g/mol. The molecule has 1 aliphatic rings. The van der Waals surface area contributed by atoms with E-state index in [-0.39, 0.29) is 18.1 Å². The van der Waals surface area contributed by atoms with Crippen molar-refractivity contribution in [3.05, 3.63) is 26.6 Å². The number of aliphatic hydroxyl groups excluding tert-OH is 1. The number of thiophene rings is 1. The predicted molar refractivity (Wildman–Crippen MR) is 90.2 cm³/mol. The van der Waals surface area contributed by atoms with Gasteiger partial charge in [-0.1, -0.05) is 6.42 Å². The normalized spacial score (nSPS) is 14.5. The molecule has 1 aliphatic heterocycles. The van der Waals surface area contributed by atoms with E-state index in [2.05, 4.69) is 10.3 Å². The number of aliphatic hydroxyl groups is 1. The number of carbonyl (C=O) groups is 1. The molecule has 124 valence electrons. The molecule has 0 saturated carbocycles. The molecule has 6 nitrogen and oxygen atoms in total. The van der Waals surface area contributed by atoms with Crippen molar-refractivity contribution < 1.29 is 9.90 Å². The van der Waals surface area contributed by atoms with Crippen LogP contribution < -0.4 is 10.9 Å². The summed E-state index contributed by atoms with van der Waals surface area (Å²) in [5.41, 5.74) is 0.693. The van der Waals surface area contributed by atoms with Gasteiger partial charge in [-0.3, -0.25) is 14.2 Å². The van der Waals surface area contributed by atoms with Gasteiger partial charge in [0.1, 0.15) is 10.7 Å². The van der Waals surface area contributed by atoms with Crippen LogP contribution in [-0.2, 0) is 13.0 Å². The Balaban J connectivity index is 2.03. The Labute approximate surface area is 138 Å². The summed E-state index contributed by atoms with van der Waals surface area (Å²) in [6, 6.07) is 0. The van der Waals surface area contributed by atoms with Crippen LogP contribution in [0.2, 0.25) is 0 Å². The number of aromatic nitrogens is 2. The lowest BCUT2D eigenvalue weighted by Gasteiger charge is -2.08. The molecule has 0 radical (unpaired) electrons. The summed E-state index contributed by atoms with van der Waals surface area (Å²) in [6.07, 6.45) is 4.51. The molecule has 2 aromatic heterocycles. The summed E-state index contributed by atoms with van der Waals surface area (Å²) in [5, 5.41) is 12.1. The predicted octanol–water partition coefficient (Wildman–Crippen LogP) is 1.61. The first-order valence-corrected chi connectivity index (χ1v) is 8.87. The number of amides is 1. The van der Waals surface area contributed by atoms with Crippen molar-refractivity contribution in [2.75, 3.05) is 13.2 Å². The van der Waals surface area contributed by atoms with Crippen molar-refractivity contribution in [3.8, 4) is 0 Å². The number of rotatable bonds is 4. The molecule has 2 N–H and O–H groups in total. The van der Waals surface area contributed by atoms with Crippen molar-refractivity contribution in [1.29, 1.82) is 0 Å². The number of carbonyl (C=O) groups excluding carboxylic acids is 1. The van der Waals surface area contributed by atoms with Gasteiger partial charge in [0.05, 0.1) is 10.3 Å². The standard InChI is InChI=1S/C16H21N3O3S/c1-10-12-15(23-13(10)14(21)17-7-5-9-20)18-11-6-3-2-4-8-19(11)16(12)22/h20H,2-9H2,1H3,(H,17,21). The van der Waals surface area contributed by atoms with Gasteiger partial charge in [0.15, 0.2) is 0 Å². The average Bonchev–Trinajstić information content (AvgIpc) is 2.71. The van der Waals surface area contributed by atoms with Crippen LogP contribution in [0, 0.1) is 6.92 Å². The number of fused-ring (bicyclic) bond motifs is 2. The van der Waals surface area contributed by atoms with Crippen LogP contribution in [0.4, 0.5) is 0 Å². The fourth-order valence-electron chi connectivity index (χ4n) is 2.99. The van der Waals surface area contributed by atoms with Crippen LogP contribution in [-0.4, -0.2) is 33.7 Å². The SMILES string of the molecule is Cc1c(C(=O)NCCCO)sc2nc3n(c(=O)c12)CCCCC3. The summed E-state index contributed by atoms with van der Waals surface area (Å²) in [7, 11) is 0. The first kappa shape index (κ1) is 16.1. The van der Waals surface area contributed by atoms with Gasteiger partial charge in [-0.2, -0.15) is 0 Å². The van der Waals surface area contributed by atoms with Gasteiger partial charge >= 0.3 is 0 Å². The highest BCUT2D eigenvalue weighted by Crippen LogP contribution is 2.28. The van der Waals surface area contributed by atoms with E-state index in [0.717, 1.165) is 31.5 Å². The molecule has 0 aliphatic carbocycles. The molecule has 3 heterocycles. The average molecular weight is 335 g/mol. The van der Waals surface area contributed by atoms with E-state index in [9.17, 15) is 9.59 Å². The molecule has 1 amide bonds. The van der Waals surface area contributed by atoms with E-state index in [1.165, 1.54) is 11.3 Å². The fraction of sp³-hybridized carbons (Fsp3) is 0.562. The van der Waals surface area contributed by atoms with Gasteiger partial charge in [-0.05, 0) is 31.7 Å². The summed E-state index contributed by atoms with van der Waals surface area (Å²) in [5.74, 6) is 0.645. The molecule has 0 aromatic carbocycles. The first-order chi connectivity index (χ1) is 11.1. The van der Waals surface area contributed by atoms with Crippen LogP contribution in [0.5, 0.6) is 0 Å². The topological polar surface area (TPSA) is 84.2 Å². The smallest absolute Gasteiger partial charge is 0.262 e. The van der Waals surface area contributed by atoms with Crippen molar-refractivity contribution in [2.45, 2.75) is 45.6 Å². The number of nitrogens with one attached hydrogen (secondary N) is 1. The highest BCUT2D eigenvalue weighted by atomic mass is 32.1. The van der Waals surface area contributed by atoms with E-state index in [0.29, 0.717) is 40.2 Å². The van der Waals surface area contributed by atoms with E-state index in [4.69, 9.17) is 5.11 Å². The lowest BCUT2D eigenvalue weighted by molar-refractivity contribution is 0.0954. The van der Waals surface area contributed by atoms with Gasteiger partial charge in [-0.25, -0.2) is 4.98 Å². The lowest BCUT2D eigenvalue weighted by atomic mass is 10.2. The Kier molecular flexibility index (Phi) is 4.77. The van der Waals surface area contributed by atoms with Gasteiger partial charge in [0.2, 0.25) is 0 Å². The minimum Gasteiger partial charge on any atom is -0.396 e. The number of nitrogens with zero attached hydrogens (tertiary/aromatic N) is 2. The molecule has 0 atom stereocenters. The van der Waals surface area contributed by atoms with Crippen LogP contribution in [0.25, 0.3) is 10.2 Å². The zero-order chi connectivity index (χ0) is 16.4. The second kappa shape index (κ2) is 6.80. The van der Waals surface area contributed by atoms with E-state index in [1.54, 1.807) is 4.57 Å². The first-order valence-electron chi connectivity index (χ1n) is 8.05. The molecule has 0 unspecified atom stereocenters. The molecule has 2 aromatic rings. The van der Waals surface area contributed by atoms with Gasteiger partial charge in [-0.15, -0.1) is 11.3 Å². The maximum absolute atomic E-state index is 12.8. The molecule has 0 bridgehead atoms. The second-order valence-electron chi connectivity index (χ2n) is 5.86. The van der Waals surface area contributed by atoms with Crippen molar-refractivity contribution in [1.82, 2.24) is 14.9 Å². The second-order valence-corrected chi connectivity index (χ2v) is 6.86. The zero-order valence-electron chi connectivity index (χ0n) is 13.2. The quantitative estimate of drug-likeness (QED) is 0.831. The Morgan fingerprint density at radius 2 is 2.22 bits per heavy atom. The largest absolute Gasteiger partial charge is 0.396 e. The Bertz CT molecular complexity index is 794. The number of aryl methyl sites for hydroxylation is 2.